The molecule has 4 heteroatoms. The Morgan fingerprint density at radius 1 is 1.50 bits per heavy atom. The van der Waals surface area contributed by atoms with Crippen LogP contribution in [0.5, 0.6) is 0 Å². The van der Waals surface area contributed by atoms with E-state index in [-0.39, 0.29) is 5.82 Å². The maximum atomic E-state index is 12.7. The van der Waals surface area contributed by atoms with Gasteiger partial charge >= 0.3 is 0 Å². The molecule has 3 nitrogen and oxygen atoms in total. The number of aliphatic hydroxyl groups excluding tert-OH is 1. The van der Waals surface area contributed by atoms with Crippen molar-refractivity contribution in [3.05, 3.63) is 29.8 Å². The van der Waals surface area contributed by atoms with Gasteiger partial charge in [-0.1, -0.05) is 13.8 Å². The first-order valence-electron chi connectivity index (χ1n) is 6.48. The van der Waals surface area contributed by atoms with Crippen LogP contribution < -0.4 is 0 Å². The second-order valence-electron chi connectivity index (χ2n) is 5.90. The minimum Gasteiger partial charge on any atom is -0.387 e. The van der Waals surface area contributed by atoms with Crippen LogP contribution in [-0.4, -0.2) is 34.6 Å². The van der Waals surface area contributed by atoms with E-state index in [9.17, 15) is 9.50 Å². The van der Waals surface area contributed by atoms with E-state index in [0.717, 1.165) is 25.8 Å². The topological polar surface area (TPSA) is 36.4 Å². The van der Waals surface area contributed by atoms with Gasteiger partial charge in [-0.15, -0.1) is 0 Å². The molecule has 1 aliphatic rings. The highest BCUT2D eigenvalue weighted by molar-refractivity contribution is 5.08. The zero-order chi connectivity index (χ0) is 13.2. The van der Waals surface area contributed by atoms with E-state index < -0.39 is 6.10 Å². The zero-order valence-electron chi connectivity index (χ0n) is 11.1. The summed E-state index contributed by atoms with van der Waals surface area (Å²) in [7, 11) is 0. The smallest absolute Gasteiger partial charge is 0.141 e. The number of halogens is 1. The van der Waals surface area contributed by atoms with Gasteiger partial charge in [0.2, 0.25) is 0 Å². The highest BCUT2D eigenvalue weighted by atomic mass is 19.1. The van der Waals surface area contributed by atoms with Crippen LogP contribution in [0.2, 0.25) is 0 Å². The average molecular weight is 252 g/mol. The number of rotatable bonds is 4. The number of nitrogens with zero attached hydrogens (tertiary/aromatic N) is 2. The van der Waals surface area contributed by atoms with Crippen LogP contribution in [0.4, 0.5) is 4.39 Å². The van der Waals surface area contributed by atoms with Crippen LogP contribution in [0, 0.1) is 11.2 Å². The molecule has 100 valence electrons. The van der Waals surface area contributed by atoms with Crippen molar-refractivity contribution in [3.8, 4) is 0 Å². The first-order chi connectivity index (χ1) is 8.46. The molecule has 18 heavy (non-hydrogen) atoms. The molecule has 0 saturated carbocycles. The normalized spacial score (nSPS) is 21.1. The summed E-state index contributed by atoms with van der Waals surface area (Å²) in [4.78, 5) is 6.28. The molecule has 1 atom stereocenters. The molecule has 1 aromatic heterocycles. The summed E-state index contributed by atoms with van der Waals surface area (Å²) in [5, 5.41) is 9.99. The van der Waals surface area contributed by atoms with Gasteiger partial charge in [-0.25, -0.2) is 4.39 Å². The summed E-state index contributed by atoms with van der Waals surface area (Å²) >= 11 is 0. The van der Waals surface area contributed by atoms with Gasteiger partial charge in [0.15, 0.2) is 0 Å². The van der Waals surface area contributed by atoms with E-state index in [2.05, 4.69) is 23.7 Å². The first kappa shape index (κ1) is 13.4. The van der Waals surface area contributed by atoms with Gasteiger partial charge in [0, 0.05) is 13.1 Å². The van der Waals surface area contributed by atoms with Gasteiger partial charge in [-0.2, -0.15) is 0 Å². The fourth-order valence-electron chi connectivity index (χ4n) is 2.45. The molecule has 0 radical (unpaired) electrons. The molecule has 2 heterocycles. The molecule has 1 aromatic rings. The summed E-state index contributed by atoms with van der Waals surface area (Å²) in [6.45, 7) is 7.58. The second kappa shape index (κ2) is 5.33. The minimum atomic E-state index is -0.602. The van der Waals surface area contributed by atoms with Gasteiger partial charge < -0.3 is 10.0 Å². The van der Waals surface area contributed by atoms with Gasteiger partial charge in [0.05, 0.1) is 18.0 Å². The average Bonchev–Trinajstić information content (AvgIpc) is 2.67. The van der Waals surface area contributed by atoms with Crippen molar-refractivity contribution >= 4 is 0 Å². The van der Waals surface area contributed by atoms with Gasteiger partial charge in [-0.05, 0) is 36.9 Å². The fourth-order valence-corrected chi connectivity index (χ4v) is 2.45. The molecule has 0 bridgehead atoms. The summed E-state index contributed by atoms with van der Waals surface area (Å²) in [6, 6.07) is 2.89. The Morgan fingerprint density at radius 3 is 2.83 bits per heavy atom. The van der Waals surface area contributed by atoms with Crippen molar-refractivity contribution in [2.24, 2.45) is 5.41 Å². The predicted octanol–water partition coefficient (Wildman–Crippen LogP) is 2.38. The lowest BCUT2D eigenvalue weighted by atomic mass is 9.93. The lowest BCUT2D eigenvalue weighted by Crippen LogP contribution is -2.25. The van der Waals surface area contributed by atoms with E-state index in [1.807, 2.05) is 0 Å². The molecular weight excluding hydrogens is 231 g/mol. The van der Waals surface area contributed by atoms with Crippen molar-refractivity contribution in [2.45, 2.75) is 32.8 Å². The standard InChI is InChI=1S/C14H21FN2O/c1-14(2)6-8-17(10-14)7-5-13(18)12-4-3-11(15)9-16-12/h3-4,9,13,18H,5-8,10H2,1-2H3. The van der Waals surface area contributed by atoms with E-state index in [4.69, 9.17) is 0 Å². The lowest BCUT2D eigenvalue weighted by Gasteiger charge is -2.20. The molecule has 0 aromatic carbocycles. The number of likely N-dealkylation sites (tertiary alicyclic amines) is 1. The molecule has 2 rings (SSSR count). The molecule has 1 aliphatic heterocycles. The van der Waals surface area contributed by atoms with Gasteiger partial charge in [0.1, 0.15) is 5.82 Å². The SMILES string of the molecule is CC1(C)CCN(CCC(O)c2ccc(F)cn2)C1. The Labute approximate surface area is 108 Å². The Hall–Kier alpha value is -1.00. The third kappa shape index (κ3) is 3.50. The van der Waals surface area contributed by atoms with Crippen molar-refractivity contribution in [3.63, 3.8) is 0 Å². The number of hydrogen-bond donors (Lipinski definition) is 1. The highest BCUT2D eigenvalue weighted by Gasteiger charge is 2.29. The molecule has 0 amide bonds. The van der Waals surface area contributed by atoms with Gasteiger partial charge in [0.25, 0.3) is 0 Å². The Kier molecular flexibility index (Phi) is 3.97. The maximum absolute atomic E-state index is 12.7. The number of aromatic nitrogens is 1. The summed E-state index contributed by atoms with van der Waals surface area (Å²) < 4.78 is 12.7. The van der Waals surface area contributed by atoms with Crippen molar-refractivity contribution in [2.75, 3.05) is 19.6 Å². The molecule has 1 saturated heterocycles. The number of hydrogen-bond acceptors (Lipinski definition) is 3. The quantitative estimate of drug-likeness (QED) is 0.893. The van der Waals surface area contributed by atoms with Crippen molar-refractivity contribution in [1.82, 2.24) is 9.88 Å². The third-order valence-electron chi connectivity index (χ3n) is 3.57. The monoisotopic (exact) mass is 252 g/mol. The van der Waals surface area contributed by atoms with Crippen LogP contribution in [-0.2, 0) is 0 Å². The summed E-state index contributed by atoms with van der Waals surface area (Å²) in [6.07, 6.45) is 2.40. The Bertz CT molecular complexity index is 391. The molecule has 1 unspecified atom stereocenters. The molecular formula is C14H21FN2O. The zero-order valence-corrected chi connectivity index (χ0v) is 11.1. The van der Waals surface area contributed by atoms with E-state index >= 15 is 0 Å². The molecule has 0 aliphatic carbocycles. The van der Waals surface area contributed by atoms with E-state index in [0.29, 0.717) is 17.5 Å². The summed E-state index contributed by atoms with van der Waals surface area (Å²) in [5.74, 6) is -0.368. The second-order valence-corrected chi connectivity index (χ2v) is 5.90. The van der Waals surface area contributed by atoms with Crippen molar-refractivity contribution < 1.29 is 9.50 Å². The highest BCUT2D eigenvalue weighted by Crippen LogP contribution is 2.29. The summed E-state index contributed by atoms with van der Waals surface area (Å²) in [5.41, 5.74) is 0.939. The Morgan fingerprint density at radius 2 is 2.28 bits per heavy atom. The van der Waals surface area contributed by atoms with Crippen LogP contribution in [0.3, 0.4) is 0 Å². The largest absolute Gasteiger partial charge is 0.387 e. The Balaban J connectivity index is 1.82. The molecule has 1 fully saturated rings. The van der Waals surface area contributed by atoms with Crippen LogP contribution in [0.1, 0.15) is 38.5 Å². The van der Waals surface area contributed by atoms with E-state index in [1.54, 1.807) is 6.07 Å². The first-order valence-corrected chi connectivity index (χ1v) is 6.48. The van der Waals surface area contributed by atoms with Crippen LogP contribution in [0.25, 0.3) is 0 Å². The van der Waals surface area contributed by atoms with Gasteiger partial charge in [-0.3, -0.25) is 4.98 Å². The molecule has 0 spiro atoms. The van der Waals surface area contributed by atoms with Crippen molar-refractivity contribution in [1.29, 1.82) is 0 Å². The molecule has 1 N–H and O–H groups in total. The maximum Gasteiger partial charge on any atom is 0.141 e. The minimum absolute atomic E-state index is 0.368. The third-order valence-corrected chi connectivity index (χ3v) is 3.57. The van der Waals surface area contributed by atoms with Crippen LogP contribution in [0.15, 0.2) is 18.3 Å². The predicted molar refractivity (Wildman–Crippen MR) is 68.6 cm³/mol. The lowest BCUT2D eigenvalue weighted by molar-refractivity contribution is 0.142. The number of pyridine rings is 1. The number of aliphatic hydroxyl groups is 1. The fraction of sp³-hybridized carbons (Fsp3) is 0.643. The van der Waals surface area contributed by atoms with E-state index in [1.165, 1.54) is 12.5 Å². The van der Waals surface area contributed by atoms with Crippen LogP contribution >= 0.6 is 0 Å².